The van der Waals surface area contributed by atoms with Crippen LogP contribution in [0, 0.1) is 0 Å². The fourth-order valence-corrected chi connectivity index (χ4v) is 2.29. The van der Waals surface area contributed by atoms with E-state index in [2.05, 4.69) is 9.97 Å². The number of nitrogens with zero attached hydrogens (tertiary/aromatic N) is 2. The summed E-state index contributed by atoms with van der Waals surface area (Å²) in [5.74, 6) is 0.181. The van der Waals surface area contributed by atoms with E-state index >= 15 is 0 Å². The maximum absolute atomic E-state index is 12.9. The van der Waals surface area contributed by atoms with Gasteiger partial charge in [0, 0.05) is 22.8 Å². The van der Waals surface area contributed by atoms with Gasteiger partial charge in [0.1, 0.15) is 0 Å². The molecule has 1 aromatic heterocycles. The lowest BCUT2D eigenvalue weighted by molar-refractivity contribution is -0.137. The molecule has 3 nitrogen and oxygen atoms in total. The molecule has 0 aliphatic rings. The molecule has 2 N–H and O–H groups in total. The Kier molecular flexibility index (Phi) is 3.41. The number of nitrogens with two attached hydrogens (primary N) is 1. The lowest BCUT2D eigenvalue weighted by Gasteiger charge is -2.10. The van der Waals surface area contributed by atoms with Crippen LogP contribution in [0.5, 0.6) is 0 Å². The highest BCUT2D eigenvalue weighted by Gasteiger charge is 2.33. The maximum Gasteiger partial charge on any atom is 0.417 e. The molecule has 0 amide bonds. The minimum absolute atomic E-state index is 0.181. The van der Waals surface area contributed by atoms with Gasteiger partial charge in [0.2, 0.25) is 0 Å². The van der Waals surface area contributed by atoms with Crippen LogP contribution in [0.2, 0.25) is 5.02 Å². The molecule has 0 saturated carbocycles. The second-order valence-corrected chi connectivity index (χ2v) is 5.11. The predicted molar refractivity (Wildman–Crippen MR) is 79.4 cm³/mol. The number of hydrogen-bond donors (Lipinski definition) is 1. The Morgan fingerprint density at radius 1 is 1.05 bits per heavy atom. The van der Waals surface area contributed by atoms with Crippen molar-refractivity contribution in [1.82, 2.24) is 9.97 Å². The fourth-order valence-electron chi connectivity index (χ4n) is 2.06. The van der Waals surface area contributed by atoms with E-state index in [9.17, 15) is 13.2 Å². The molecule has 0 radical (unpaired) electrons. The standard InChI is InChI=1S/C15H9ClF3N3/c16-12-4-2-8(5-11(12)15(17,18)19)14-21-7-9-1-3-10(20)6-13(9)22-14/h1-7H,20H2. The first kappa shape index (κ1) is 14.6. The number of halogens is 4. The van der Waals surface area contributed by atoms with Crippen LogP contribution in [-0.4, -0.2) is 9.97 Å². The van der Waals surface area contributed by atoms with Gasteiger partial charge in [-0.1, -0.05) is 11.6 Å². The number of hydrogen-bond acceptors (Lipinski definition) is 3. The van der Waals surface area contributed by atoms with Gasteiger partial charge in [0.25, 0.3) is 0 Å². The maximum atomic E-state index is 12.9. The van der Waals surface area contributed by atoms with Crippen LogP contribution in [0.25, 0.3) is 22.3 Å². The molecule has 2 aromatic carbocycles. The van der Waals surface area contributed by atoms with Gasteiger partial charge >= 0.3 is 6.18 Å². The van der Waals surface area contributed by atoms with Crippen LogP contribution in [0.4, 0.5) is 18.9 Å². The molecule has 0 aliphatic carbocycles. The molecule has 3 aromatic rings. The molecular weight excluding hydrogens is 315 g/mol. The molecule has 0 atom stereocenters. The second kappa shape index (κ2) is 5.14. The van der Waals surface area contributed by atoms with E-state index in [0.29, 0.717) is 11.2 Å². The number of anilines is 1. The van der Waals surface area contributed by atoms with E-state index in [4.69, 9.17) is 17.3 Å². The van der Waals surface area contributed by atoms with Gasteiger partial charge in [-0.15, -0.1) is 0 Å². The quantitative estimate of drug-likeness (QED) is 0.668. The zero-order valence-electron chi connectivity index (χ0n) is 11.0. The Bertz CT molecular complexity index is 862. The van der Waals surface area contributed by atoms with E-state index in [1.165, 1.54) is 12.1 Å². The van der Waals surface area contributed by atoms with Crippen molar-refractivity contribution in [2.45, 2.75) is 6.18 Å². The van der Waals surface area contributed by atoms with Gasteiger partial charge in [-0.25, -0.2) is 9.97 Å². The predicted octanol–water partition coefficient (Wildman–Crippen LogP) is 4.55. The third-order valence-corrected chi connectivity index (χ3v) is 3.47. The van der Waals surface area contributed by atoms with Gasteiger partial charge in [-0.3, -0.25) is 0 Å². The van der Waals surface area contributed by atoms with Gasteiger partial charge in [0.15, 0.2) is 5.82 Å². The zero-order chi connectivity index (χ0) is 15.9. The lowest BCUT2D eigenvalue weighted by atomic mass is 10.1. The monoisotopic (exact) mass is 323 g/mol. The molecule has 0 spiro atoms. The third kappa shape index (κ3) is 2.69. The first-order chi connectivity index (χ1) is 10.3. The summed E-state index contributed by atoms with van der Waals surface area (Å²) in [6, 6.07) is 8.67. The Balaban J connectivity index is 2.15. The highest BCUT2D eigenvalue weighted by atomic mass is 35.5. The average Bonchev–Trinajstić information content (AvgIpc) is 2.45. The number of aromatic nitrogens is 2. The first-order valence-electron chi connectivity index (χ1n) is 6.24. The summed E-state index contributed by atoms with van der Waals surface area (Å²) < 4.78 is 38.7. The molecule has 112 valence electrons. The molecule has 0 unspecified atom stereocenters. The van der Waals surface area contributed by atoms with Crippen LogP contribution >= 0.6 is 11.6 Å². The van der Waals surface area contributed by atoms with Crippen molar-refractivity contribution in [3.63, 3.8) is 0 Å². The summed E-state index contributed by atoms with van der Waals surface area (Å²) >= 11 is 5.61. The third-order valence-electron chi connectivity index (χ3n) is 3.14. The highest BCUT2D eigenvalue weighted by molar-refractivity contribution is 6.31. The fraction of sp³-hybridized carbons (Fsp3) is 0.0667. The van der Waals surface area contributed by atoms with Crippen LogP contribution in [0.15, 0.2) is 42.6 Å². The number of rotatable bonds is 1. The molecule has 1 heterocycles. The van der Waals surface area contributed by atoms with Crippen molar-refractivity contribution in [2.75, 3.05) is 5.73 Å². The van der Waals surface area contributed by atoms with Crippen molar-refractivity contribution in [1.29, 1.82) is 0 Å². The molecular formula is C15H9ClF3N3. The van der Waals surface area contributed by atoms with Gasteiger partial charge in [-0.05, 0) is 36.4 Å². The van der Waals surface area contributed by atoms with Crippen LogP contribution in [0.1, 0.15) is 5.56 Å². The number of benzene rings is 2. The SMILES string of the molecule is Nc1ccc2cnc(-c3ccc(Cl)c(C(F)(F)F)c3)nc2c1. The van der Waals surface area contributed by atoms with Gasteiger partial charge in [0.05, 0.1) is 16.1 Å². The van der Waals surface area contributed by atoms with E-state index in [1.54, 1.807) is 24.4 Å². The highest BCUT2D eigenvalue weighted by Crippen LogP contribution is 2.36. The summed E-state index contributed by atoms with van der Waals surface area (Å²) in [5.41, 5.74) is 6.09. The summed E-state index contributed by atoms with van der Waals surface area (Å²) in [4.78, 5) is 8.35. The Hall–Kier alpha value is -2.34. The molecule has 0 aliphatic heterocycles. The number of nitrogen functional groups attached to an aromatic ring is 1. The van der Waals surface area contributed by atoms with Gasteiger partial charge < -0.3 is 5.73 Å². The molecule has 0 fully saturated rings. The summed E-state index contributed by atoms with van der Waals surface area (Å²) in [5, 5.41) is 0.393. The number of fused-ring (bicyclic) bond motifs is 1. The van der Waals surface area contributed by atoms with Crippen molar-refractivity contribution in [2.24, 2.45) is 0 Å². The molecule has 0 bridgehead atoms. The molecule has 7 heteroatoms. The van der Waals surface area contributed by atoms with Crippen molar-refractivity contribution >= 4 is 28.2 Å². The van der Waals surface area contributed by atoms with Crippen LogP contribution in [-0.2, 0) is 6.18 Å². The second-order valence-electron chi connectivity index (χ2n) is 4.70. The van der Waals surface area contributed by atoms with Gasteiger partial charge in [-0.2, -0.15) is 13.2 Å². The smallest absolute Gasteiger partial charge is 0.399 e. The minimum Gasteiger partial charge on any atom is -0.399 e. The molecule has 3 rings (SSSR count). The summed E-state index contributed by atoms with van der Waals surface area (Å²) in [6.07, 6.45) is -2.99. The molecule has 0 saturated heterocycles. The van der Waals surface area contributed by atoms with E-state index in [-0.39, 0.29) is 16.4 Å². The van der Waals surface area contributed by atoms with Crippen molar-refractivity contribution < 1.29 is 13.2 Å². The first-order valence-corrected chi connectivity index (χ1v) is 6.62. The minimum atomic E-state index is -4.53. The summed E-state index contributed by atoms with van der Waals surface area (Å²) in [6.45, 7) is 0. The topological polar surface area (TPSA) is 51.8 Å². The molecule has 22 heavy (non-hydrogen) atoms. The van der Waals surface area contributed by atoms with E-state index < -0.39 is 11.7 Å². The average molecular weight is 324 g/mol. The van der Waals surface area contributed by atoms with Crippen molar-refractivity contribution in [3.8, 4) is 11.4 Å². The van der Waals surface area contributed by atoms with Crippen molar-refractivity contribution in [3.05, 3.63) is 53.2 Å². The summed E-state index contributed by atoms with van der Waals surface area (Å²) in [7, 11) is 0. The lowest BCUT2D eigenvalue weighted by Crippen LogP contribution is -2.06. The Morgan fingerprint density at radius 3 is 2.55 bits per heavy atom. The van der Waals surface area contributed by atoms with E-state index in [0.717, 1.165) is 11.5 Å². The Labute approximate surface area is 128 Å². The van der Waals surface area contributed by atoms with Crippen LogP contribution in [0.3, 0.4) is 0 Å². The Morgan fingerprint density at radius 2 is 1.82 bits per heavy atom. The largest absolute Gasteiger partial charge is 0.417 e. The van der Waals surface area contributed by atoms with E-state index in [1.807, 2.05) is 0 Å². The number of alkyl halides is 3. The normalized spacial score (nSPS) is 11.8. The van der Waals surface area contributed by atoms with Crippen LogP contribution < -0.4 is 5.73 Å². The zero-order valence-corrected chi connectivity index (χ0v) is 11.8.